The Labute approximate surface area is 170 Å². The largest absolute Gasteiger partial charge is 0.342 e. The number of carbonyl (C=O) groups excluding carboxylic acids is 3. The number of carbonyl (C=O) groups is 3. The smallest absolute Gasteiger partial charge is 0.290 e. The van der Waals surface area contributed by atoms with Crippen LogP contribution in [0.5, 0.6) is 0 Å². The van der Waals surface area contributed by atoms with Crippen LogP contribution in [0.3, 0.4) is 0 Å². The van der Waals surface area contributed by atoms with Crippen molar-refractivity contribution in [3.63, 3.8) is 0 Å². The fraction of sp³-hybridized carbons (Fsp3) is 0.524. The molecular formula is C21H27N5O3. The first-order valence-electron chi connectivity index (χ1n) is 10.4. The highest BCUT2D eigenvalue weighted by Crippen LogP contribution is 2.23. The van der Waals surface area contributed by atoms with Crippen LogP contribution < -0.4 is 0 Å². The predicted molar refractivity (Wildman–Crippen MR) is 108 cm³/mol. The van der Waals surface area contributed by atoms with Crippen LogP contribution in [-0.2, 0) is 4.79 Å². The van der Waals surface area contributed by atoms with Gasteiger partial charge in [0.25, 0.3) is 11.8 Å². The van der Waals surface area contributed by atoms with Crippen molar-refractivity contribution >= 4 is 23.7 Å². The topological polar surface area (TPSA) is 78.2 Å². The second-order valence-electron chi connectivity index (χ2n) is 7.73. The lowest BCUT2D eigenvalue weighted by molar-refractivity contribution is -0.119. The number of piperazine rings is 1. The van der Waals surface area contributed by atoms with E-state index >= 15 is 0 Å². The van der Waals surface area contributed by atoms with Crippen molar-refractivity contribution in [3.05, 3.63) is 35.9 Å². The van der Waals surface area contributed by atoms with Gasteiger partial charge in [0, 0.05) is 45.0 Å². The van der Waals surface area contributed by atoms with E-state index in [0.29, 0.717) is 43.2 Å². The molecule has 2 aliphatic heterocycles. The highest BCUT2D eigenvalue weighted by atomic mass is 16.2. The molecule has 0 aromatic carbocycles. The molecule has 0 spiro atoms. The number of nitrogens with zero attached hydrogens (tertiary/aromatic N) is 5. The number of amides is 3. The maximum absolute atomic E-state index is 13.3. The Kier molecular flexibility index (Phi) is 5.51. The van der Waals surface area contributed by atoms with E-state index in [0.717, 1.165) is 38.6 Å². The van der Waals surface area contributed by atoms with E-state index in [2.05, 4.69) is 11.9 Å². The summed E-state index contributed by atoms with van der Waals surface area (Å²) < 4.78 is 1.73. The van der Waals surface area contributed by atoms with E-state index in [9.17, 15) is 14.4 Å². The molecule has 0 saturated carbocycles. The number of hydrogen-bond donors (Lipinski definition) is 0. The summed E-state index contributed by atoms with van der Waals surface area (Å²) >= 11 is 0. The van der Waals surface area contributed by atoms with Crippen molar-refractivity contribution in [2.24, 2.45) is 0 Å². The Morgan fingerprint density at radius 2 is 1.90 bits per heavy atom. The van der Waals surface area contributed by atoms with Crippen LogP contribution in [0.1, 0.15) is 53.7 Å². The maximum atomic E-state index is 13.3. The average Bonchev–Trinajstić information content (AvgIpc) is 3.18. The number of pyridine rings is 1. The number of piperidine rings is 1. The number of fused-ring (bicyclic) bond motifs is 1. The molecule has 8 heteroatoms. The number of likely N-dealkylation sites (tertiary alicyclic amines) is 1. The molecule has 3 amide bonds. The Balaban J connectivity index is 1.66. The molecule has 0 N–H and O–H groups in total. The van der Waals surface area contributed by atoms with Crippen LogP contribution in [0.2, 0.25) is 0 Å². The first-order chi connectivity index (χ1) is 14.1. The van der Waals surface area contributed by atoms with Crippen LogP contribution >= 0.6 is 0 Å². The Hall–Kier alpha value is -2.90. The molecule has 2 aliphatic rings. The summed E-state index contributed by atoms with van der Waals surface area (Å²) in [7, 11) is 0. The van der Waals surface area contributed by atoms with Gasteiger partial charge in [-0.1, -0.05) is 13.0 Å². The minimum atomic E-state index is -0.191. The first kappa shape index (κ1) is 19.4. The molecular weight excluding hydrogens is 370 g/mol. The van der Waals surface area contributed by atoms with Gasteiger partial charge < -0.3 is 14.7 Å². The zero-order chi connectivity index (χ0) is 20.4. The van der Waals surface area contributed by atoms with Gasteiger partial charge in [-0.05, 0) is 37.8 Å². The monoisotopic (exact) mass is 397 g/mol. The van der Waals surface area contributed by atoms with E-state index in [1.54, 1.807) is 20.4 Å². The lowest BCUT2D eigenvalue weighted by atomic mass is 10.00. The zero-order valence-electron chi connectivity index (χ0n) is 16.8. The van der Waals surface area contributed by atoms with Crippen molar-refractivity contribution in [1.82, 2.24) is 24.1 Å². The number of rotatable bonds is 4. The zero-order valence-corrected chi connectivity index (χ0v) is 16.8. The second kappa shape index (κ2) is 8.23. The fourth-order valence-corrected chi connectivity index (χ4v) is 4.35. The Morgan fingerprint density at radius 1 is 1.10 bits per heavy atom. The molecule has 2 aromatic heterocycles. The normalized spacial score (nSPS) is 20.2. The van der Waals surface area contributed by atoms with Gasteiger partial charge >= 0.3 is 0 Å². The van der Waals surface area contributed by atoms with Crippen molar-refractivity contribution < 1.29 is 14.4 Å². The van der Waals surface area contributed by atoms with E-state index in [4.69, 9.17) is 0 Å². The first-order valence-corrected chi connectivity index (χ1v) is 10.4. The Bertz CT molecular complexity index is 916. The summed E-state index contributed by atoms with van der Waals surface area (Å²) in [5.74, 6) is 0.00221. The molecule has 4 heterocycles. The van der Waals surface area contributed by atoms with Crippen molar-refractivity contribution in [3.8, 4) is 0 Å². The van der Waals surface area contributed by atoms with Crippen LogP contribution in [-0.4, -0.2) is 81.1 Å². The van der Waals surface area contributed by atoms with Gasteiger partial charge in [-0.3, -0.25) is 18.8 Å². The molecule has 8 nitrogen and oxygen atoms in total. The lowest BCUT2D eigenvalue weighted by Crippen LogP contribution is -2.48. The highest BCUT2D eigenvalue weighted by Gasteiger charge is 2.32. The molecule has 2 fully saturated rings. The average molecular weight is 397 g/mol. The molecule has 154 valence electrons. The lowest BCUT2D eigenvalue weighted by Gasteiger charge is -2.34. The molecule has 0 radical (unpaired) electrons. The van der Waals surface area contributed by atoms with Crippen LogP contribution in [0, 0.1) is 0 Å². The minimum absolute atomic E-state index is 0.109. The van der Waals surface area contributed by atoms with Crippen LogP contribution in [0.15, 0.2) is 24.4 Å². The number of imidazole rings is 1. The summed E-state index contributed by atoms with van der Waals surface area (Å²) in [5, 5.41) is 0. The molecule has 29 heavy (non-hydrogen) atoms. The molecule has 4 rings (SSSR count). The molecule has 0 bridgehead atoms. The summed E-state index contributed by atoms with van der Waals surface area (Å²) in [6, 6.07) is 5.74. The van der Waals surface area contributed by atoms with Gasteiger partial charge in [-0.15, -0.1) is 0 Å². The maximum Gasteiger partial charge on any atom is 0.290 e. The van der Waals surface area contributed by atoms with Gasteiger partial charge in [0.1, 0.15) is 0 Å². The standard InChI is InChI=1S/C21H27N5O3/c1-2-16-7-3-5-9-25(16)21(29)19-22-18(17-8-4-6-10-26(17)19)20(28)24-13-11-23(15-27)12-14-24/h4,6,8,10,15-16H,2-3,5,7,9,11-14H2,1H3. The SMILES string of the molecule is CCC1CCCCN1C(=O)c1nc(C(=O)N2CCN(C=O)CC2)c2ccccn12. The van der Waals surface area contributed by atoms with Crippen LogP contribution in [0.4, 0.5) is 0 Å². The predicted octanol–water partition coefficient (Wildman–Crippen LogP) is 1.65. The number of aromatic nitrogens is 2. The fourth-order valence-electron chi connectivity index (χ4n) is 4.35. The highest BCUT2D eigenvalue weighted by molar-refractivity contribution is 6.02. The summed E-state index contributed by atoms with van der Waals surface area (Å²) in [6.07, 6.45) is 6.68. The molecule has 1 atom stereocenters. The van der Waals surface area contributed by atoms with E-state index in [1.807, 2.05) is 23.1 Å². The van der Waals surface area contributed by atoms with E-state index in [1.165, 1.54) is 0 Å². The van der Waals surface area contributed by atoms with Gasteiger partial charge in [0.05, 0.1) is 5.52 Å². The van der Waals surface area contributed by atoms with E-state index in [-0.39, 0.29) is 17.9 Å². The van der Waals surface area contributed by atoms with Gasteiger partial charge in [-0.2, -0.15) is 0 Å². The summed E-state index contributed by atoms with van der Waals surface area (Å²) in [4.78, 5) is 47.3. The summed E-state index contributed by atoms with van der Waals surface area (Å²) in [5.41, 5.74) is 0.947. The third-order valence-corrected chi connectivity index (χ3v) is 6.05. The van der Waals surface area contributed by atoms with E-state index < -0.39 is 0 Å². The van der Waals surface area contributed by atoms with Crippen LogP contribution in [0.25, 0.3) is 5.52 Å². The van der Waals surface area contributed by atoms with Gasteiger partial charge in [0.2, 0.25) is 12.2 Å². The number of hydrogen-bond acceptors (Lipinski definition) is 4. The molecule has 2 aromatic rings. The quantitative estimate of drug-likeness (QED) is 0.735. The second-order valence-corrected chi connectivity index (χ2v) is 7.73. The Morgan fingerprint density at radius 3 is 2.62 bits per heavy atom. The van der Waals surface area contributed by atoms with Crippen molar-refractivity contribution in [1.29, 1.82) is 0 Å². The van der Waals surface area contributed by atoms with Crippen molar-refractivity contribution in [2.75, 3.05) is 32.7 Å². The van der Waals surface area contributed by atoms with Gasteiger partial charge in [0.15, 0.2) is 5.69 Å². The molecule has 0 aliphatic carbocycles. The summed E-state index contributed by atoms with van der Waals surface area (Å²) in [6.45, 7) is 4.80. The van der Waals surface area contributed by atoms with Crippen molar-refractivity contribution in [2.45, 2.75) is 38.6 Å². The molecule has 1 unspecified atom stereocenters. The minimum Gasteiger partial charge on any atom is -0.342 e. The third-order valence-electron chi connectivity index (χ3n) is 6.05. The van der Waals surface area contributed by atoms with Gasteiger partial charge in [-0.25, -0.2) is 4.98 Å². The molecule has 2 saturated heterocycles. The third kappa shape index (κ3) is 3.59.